The number of carboxylic acids is 1. The number of piperidine rings is 1. The number of carboxylic acid groups (broad SMARTS) is 1. The van der Waals surface area contributed by atoms with Gasteiger partial charge in [-0.15, -0.1) is 0 Å². The number of carbonyl (C=O) groups excluding carboxylic acids is 10. The van der Waals surface area contributed by atoms with E-state index in [0.717, 1.165) is 5.56 Å². The van der Waals surface area contributed by atoms with E-state index in [-0.39, 0.29) is 93.1 Å². The van der Waals surface area contributed by atoms with Crippen molar-refractivity contribution in [1.82, 2.24) is 57.0 Å². The number of anilines is 1. The molecular formula is C69H111N13O14. The Kier molecular flexibility index (Phi) is 33.2. The summed E-state index contributed by atoms with van der Waals surface area (Å²) in [5.74, 6) is -7.02. The third kappa shape index (κ3) is 24.4. The van der Waals surface area contributed by atoms with Crippen LogP contribution in [0.3, 0.4) is 0 Å². The molecule has 0 unspecified atom stereocenters. The molecule has 2 fully saturated rings. The number of amides is 11. The van der Waals surface area contributed by atoms with Crippen molar-refractivity contribution in [3.8, 4) is 0 Å². The van der Waals surface area contributed by atoms with Gasteiger partial charge in [-0.25, -0.2) is 9.80 Å². The van der Waals surface area contributed by atoms with Crippen molar-refractivity contribution in [2.75, 3.05) is 60.3 Å². The molecule has 27 nitrogen and oxygen atoms in total. The predicted octanol–water partition coefficient (Wildman–Crippen LogP) is 3.69. The van der Waals surface area contributed by atoms with Gasteiger partial charge in [-0.2, -0.15) is 0 Å². The summed E-state index contributed by atoms with van der Waals surface area (Å²) in [4.78, 5) is 153. The zero-order valence-electron chi connectivity index (χ0n) is 59.2. The molecule has 0 saturated carbocycles. The predicted molar refractivity (Wildman–Crippen MR) is 364 cm³/mol. The van der Waals surface area contributed by atoms with Crippen LogP contribution >= 0.6 is 0 Å². The SMILES string of the molecule is CC[C@H](C)[C@@H]([C@@H](CC(=O)N1CCC[C@H]1[C@H](OC)[C@@H](C)C(=O)N[C@@H](Cc1ccccc1)C(=O)NCc1ccc(NC(=O)[C@H](CCCNC(N)=O)NC(=O)[C@@H](NC(=O)CCC(=O)NN2CC[C@@H](C(=O)O)C[C@H]2C)C(C)C)cc1)OC)N(C)C(=O)[C@@H](NC(=O)[C@H](C(C)C)N(C)C)C(C)C. The zero-order valence-corrected chi connectivity index (χ0v) is 59.2. The molecule has 2 aliphatic rings. The van der Waals surface area contributed by atoms with Crippen LogP contribution < -0.4 is 48.4 Å². The molecule has 0 radical (unpaired) electrons. The van der Waals surface area contributed by atoms with Crippen molar-refractivity contribution in [1.29, 1.82) is 0 Å². The van der Waals surface area contributed by atoms with Crippen LogP contribution in [0.2, 0.25) is 0 Å². The van der Waals surface area contributed by atoms with Crippen molar-refractivity contribution < 1.29 is 67.3 Å². The van der Waals surface area contributed by atoms with E-state index in [4.69, 9.17) is 15.2 Å². The topological polar surface area (TPSA) is 362 Å². The quantitative estimate of drug-likeness (QED) is 0.0429. The molecule has 2 aromatic rings. The summed E-state index contributed by atoms with van der Waals surface area (Å²) in [7, 11) is 8.38. The second-order valence-corrected chi connectivity index (χ2v) is 27.0. The molecule has 0 bridgehead atoms. The minimum atomic E-state index is -1.15. The molecule has 27 heteroatoms. The van der Waals surface area contributed by atoms with Gasteiger partial charge in [-0.3, -0.25) is 58.3 Å². The van der Waals surface area contributed by atoms with Gasteiger partial charge in [-0.05, 0) is 106 Å². The van der Waals surface area contributed by atoms with Crippen LogP contribution in [0.1, 0.15) is 145 Å². The lowest BCUT2D eigenvalue weighted by Gasteiger charge is -2.41. The Labute approximate surface area is 567 Å². The highest BCUT2D eigenvalue weighted by Crippen LogP contribution is 2.30. The summed E-state index contributed by atoms with van der Waals surface area (Å²) in [6, 6.07) is 9.21. The maximum absolute atomic E-state index is 14.6. The molecule has 4 rings (SSSR count). The van der Waals surface area contributed by atoms with E-state index in [1.54, 1.807) is 66.9 Å². The molecule has 96 heavy (non-hydrogen) atoms. The lowest BCUT2D eigenvalue weighted by Crippen LogP contribution is -2.59. The lowest BCUT2D eigenvalue weighted by atomic mass is 9.89. The third-order valence-corrected chi connectivity index (χ3v) is 18.5. The minimum absolute atomic E-state index is 0.00869. The third-order valence-electron chi connectivity index (χ3n) is 18.5. The Morgan fingerprint density at radius 3 is 1.89 bits per heavy atom. The smallest absolute Gasteiger partial charge is 0.312 e. The second-order valence-electron chi connectivity index (χ2n) is 27.0. The molecule has 2 aliphatic heterocycles. The molecule has 11 N–H and O–H groups in total. The number of benzene rings is 2. The molecule has 11 amide bonds. The fourth-order valence-corrected chi connectivity index (χ4v) is 12.9. The van der Waals surface area contributed by atoms with Crippen LogP contribution in [-0.4, -0.2) is 206 Å². The number of hydrogen-bond acceptors (Lipinski definition) is 15. The summed E-state index contributed by atoms with van der Waals surface area (Å²) in [5.41, 5.74) is 9.79. The summed E-state index contributed by atoms with van der Waals surface area (Å²) in [6.07, 6.45) is 1.01. The van der Waals surface area contributed by atoms with E-state index in [1.807, 2.05) is 97.8 Å². The van der Waals surface area contributed by atoms with Gasteiger partial charge in [0.15, 0.2) is 0 Å². The molecule has 2 saturated heterocycles. The first kappa shape index (κ1) is 80.7. The molecular weight excluding hydrogens is 1230 g/mol. The number of methoxy groups -OCH3 is 2. The van der Waals surface area contributed by atoms with Crippen LogP contribution in [0.4, 0.5) is 10.5 Å². The molecule has 2 aromatic carbocycles. The van der Waals surface area contributed by atoms with Gasteiger partial charge in [0.25, 0.3) is 0 Å². The lowest BCUT2D eigenvalue weighted by molar-refractivity contribution is -0.148. The standard InChI is InChI=1S/C69H111N13O14/c1-16-43(8)60(80(13)67(91)58(41(4)5)77-66(90)59(42(6)7)79(11)12)53(95-14)38-56(85)81-34-21-25-52(81)61(96-15)45(10)62(86)75-51(37-46-22-18-17-19-23-46)63(87)72-39-47-26-28-49(29-27-47)73-64(88)50(24-20-33-71-69(70)94)74-65(89)57(40(2)3)76-54(83)30-31-55(84)78-82-35-32-48(68(92)93)36-44(82)9/h17-19,22-23,26-29,40-45,48,50-53,57-61H,16,20-21,24-25,30-39H2,1-15H3,(H,72,87)(H,73,88)(H,74,89)(H,75,86)(H,76,83)(H,77,90)(H,78,84)(H,92,93)(H3,70,71,94)/t43-,44+,45+,48+,50-,51-,52-,53+,57-,58-,59-,60-,61+/m0/s1. The van der Waals surface area contributed by atoms with Crippen molar-refractivity contribution in [2.45, 2.75) is 207 Å². The maximum Gasteiger partial charge on any atom is 0.312 e. The molecule has 0 aliphatic carbocycles. The Bertz CT molecular complexity index is 2890. The van der Waals surface area contributed by atoms with Crippen LogP contribution in [0.15, 0.2) is 54.6 Å². The van der Waals surface area contributed by atoms with E-state index < -0.39 is 120 Å². The summed E-state index contributed by atoms with van der Waals surface area (Å²) < 4.78 is 12.2. The zero-order chi connectivity index (χ0) is 71.7. The number of carbonyl (C=O) groups is 11. The maximum atomic E-state index is 14.6. The average Bonchev–Trinajstić information content (AvgIpc) is 1.37. The number of likely N-dealkylation sites (N-methyl/N-ethyl adjacent to an activating group) is 2. The first-order valence-electron chi connectivity index (χ1n) is 33.9. The van der Waals surface area contributed by atoms with Crippen LogP contribution in [0.5, 0.6) is 0 Å². The number of hydrazine groups is 1. The number of nitrogens with one attached hydrogen (secondary N) is 8. The van der Waals surface area contributed by atoms with Crippen molar-refractivity contribution in [3.63, 3.8) is 0 Å². The molecule has 536 valence electrons. The van der Waals surface area contributed by atoms with E-state index in [2.05, 4.69) is 42.6 Å². The summed E-state index contributed by atoms with van der Waals surface area (Å²) in [5, 5.41) is 30.7. The molecule has 13 atom stereocenters. The van der Waals surface area contributed by atoms with Crippen LogP contribution in [0.25, 0.3) is 0 Å². The van der Waals surface area contributed by atoms with Crippen molar-refractivity contribution in [2.24, 2.45) is 41.2 Å². The number of nitrogens with zero attached hydrogens (tertiary/aromatic N) is 4. The van der Waals surface area contributed by atoms with Gasteiger partial charge in [0.1, 0.15) is 24.2 Å². The first-order valence-corrected chi connectivity index (χ1v) is 33.9. The number of aliphatic carboxylic acids is 1. The van der Waals surface area contributed by atoms with Gasteiger partial charge in [0.05, 0.1) is 48.6 Å². The number of ether oxygens (including phenoxy) is 2. The number of rotatable bonds is 38. The van der Waals surface area contributed by atoms with Gasteiger partial charge < -0.3 is 67.3 Å². The fourth-order valence-electron chi connectivity index (χ4n) is 12.9. The van der Waals surface area contributed by atoms with Crippen molar-refractivity contribution >= 4 is 70.9 Å². The van der Waals surface area contributed by atoms with Gasteiger partial charge in [0.2, 0.25) is 53.2 Å². The van der Waals surface area contributed by atoms with Gasteiger partial charge in [0, 0.05) is 78.4 Å². The summed E-state index contributed by atoms with van der Waals surface area (Å²) >= 11 is 0. The highest BCUT2D eigenvalue weighted by molar-refractivity contribution is 5.99. The highest BCUT2D eigenvalue weighted by atomic mass is 16.5. The van der Waals surface area contributed by atoms with E-state index in [9.17, 15) is 57.8 Å². The molecule has 0 spiro atoms. The summed E-state index contributed by atoms with van der Waals surface area (Å²) in [6.45, 7) is 19.5. The largest absolute Gasteiger partial charge is 0.481 e. The molecule has 2 heterocycles. The highest BCUT2D eigenvalue weighted by Gasteiger charge is 2.44. The minimum Gasteiger partial charge on any atom is -0.481 e. The van der Waals surface area contributed by atoms with Crippen LogP contribution in [-0.2, 0) is 70.4 Å². The number of hydrogen-bond donors (Lipinski definition) is 10. The fraction of sp³-hybridized carbons (Fsp3) is 0.667. The Hall–Kier alpha value is -7.75. The normalized spacial score (nSPS) is 18.9. The first-order chi connectivity index (χ1) is 45.3. The van der Waals surface area contributed by atoms with Gasteiger partial charge >= 0.3 is 12.0 Å². The number of primary amides is 1. The van der Waals surface area contributed by atoms with Crippen LogP contribution in [0, 0.1) is 35.5 Å². The Balaban J connectivity index is 1.43. The number of likely N-dealkylation sites (tertiary alicyclic amines) is 1. The second kappa shape index (κ2) is 39.5. The average molecular weight is 1350 g/mol. The number of urea groups is 1. The Morgan fingerprint density at radius 2 is 1.32 bits per heavy atom. The van der Waals surface area contributed by atoms with Gasteiger partial charge in [-0.1, -0.05) is 111 Å². The van der Waals surface area contributed by atoms with E-state index in [1.165, 1.54) is 14.2 Å². The van der Waals surface area contributed by atoms with E-state index >= 15 is 0 Å². The Morgan fingerprint density at radius 1 is 0.688 bits per heavy atom. The van der Waals surface area contributed by atoms with Crippen molar-refractivity contribution in [3.05, 3.63) is 65.7 Å². The monoisotopic (exact) mass is 1350 g/mol. The van der Waals surface area contributed by atoms with E-state index in [0.29, 0.717) is 56.4 Å². The number of nitrogens with two attached hydrogens (primary N) is 1. The molecule has 0 aromatic heterocycles.